The fourth-order valence-electron chi connectivity index (χ4n) is 1.19. The van der Waals surface area contributed by atoms with Crippen LogP contribution in [0.2, 0.25) is 6.04 Å². The Labute approximate surface area is 93.5 Å². The van der Waals surface area contributed by atoms with Crippen molar-refractivity contribution in [2.45, 2.75) is 19.4 Å². The predicted molar refractivity (Wildman–Crippen MR) is 61.8 cm³/mol. The Morgan fingerprint density at radius 3 is 2.13 bits per heavy atom. The Morgan fingerprint density at radius 1 is 1.07 bits per heavy atom. The lowest BCUT2D eigenvalue weighted by Crippen LogP contribution is -2.42. The average molecular weight is 234 g/mol. The van der Waals surface area contributed by atoms with E-state index in [4.69, 9.17) is 18.0 Å². The molecule has 90 valence electrons. The van der Waals surface area contributed by atoms with Gasteiger partial charge in [-0.05, 0) is 13.3 Å². The van der Waals surface area contributed by atoms with Gasteiger partial charge >= 0.3 is 8.80 Å². The van der Waals surface area contributed by atoms with Crippen molar-refractivity contribution in [2.24, 2.45) is 0 Å². The molecule has 0 fully saturated rings. The number of hydrogen-bond donors (Lipinski definition) is 0. The van der Waals surface area contributed by atoms with Crippen LogP contribution in [0.3, 0.4) is 0 Å². The van der Waals surface area contributed by atoms with Crippen LogP contribution in [0.5, 0.6) is 0 Å². The van der Waals surface area contributed by atoms with Crippen molar-refractivity contribution in [3.63, 3.8) is 0 Å². The molecule has 0 atom stereocenters. The molecule has 0 heterocycles. The molecular formula is C10H22O4Si. The molecule has 15 heavy (non-hydrogen) atoms. The highest BCUT2D eigenvalue weighted by atomic mass is 28.4. The van der Waals surface area contributed by atoms with Crippen molar-refractivity contribution in [1.29, 1.82) is 0 Å². The van der Waals surface area contributed by atoms with Crippen LogP contribution in [0.4, 0.5) is 0 Å². The van der Waals surface area contributed by atoms with Gasteiger partial charge < -0.3 is 18.0 Å². The SMILES string of the molecule is C/C=C/COCCC[Si](OC)(OC)OC. The molecule has 0 bridgehead atoms. The summed E-state index contributed by atoms with van der Waals surface area (Å²) >= 11 is 0. The Kier molecular flexibility index (Phi) is 8.93. The fraction of sp³-hybridized carbons (Fsp3) is 0.800. The van der Waals surface area contributed by atoms with Crippen LogP contribution in [0.25, 0.3) is 0 Å². The third kappa shape index (κ3) is 6.06. The Balaban J connectivity index is 3.62. The van der Waals surface area contributed by atoms with Crippen LogP contribution >= 0.6 is 0 Å². The van der Waals surface area contributed by atoms with Crippen molar-refractivity contribution >= 4 is 8.80 Å². The zero-order valence-electron chi connectivity index (χ0n) is 10.1. The monoisotopic (exact) mass is 234 g/mol. The van der Waals surface area contributed by atoms with E-state index in [1.54, 1.807) is 21.3 Å². The van der Waals surface area contributed by atoms with Gasteiger partial charge in [0.2, 0.25) is 0 Å². The second-order valence-electron chi connectivity index (χ2n) is 3.04. The number of rotatable bonds is 9. The quantitative estimate of drug-likeness (QED) is 0.346. The lowest BCUT2D eigenvalue weighted by molar-refractivity contribution is 0.114. The molecule has 0 unspecified atom stereocenters. The van der Waals surface area contributed by atoms with E-state index in [-0.39, 0.29) is 0 Å². The first-order valence-corrected chi connectivity index (χ1v) is 7.02. The van der Waals surface area contributed by atoms with Gasteiger partial charge in [0.1, 0.15) is 0 Å². The summed E-state index contributed by atoms with van der Waals surface area (Å²) in [4.78, 5) is 0. The van der Waals surface area contributed by atoms with Crippen LogP contribution in [0.1, 0.15) is 13.3 Å². The molecule has 0 rings (SSSR count). The van der Waals surface area contributed by atoms with E-state index in [1.807, 2.05) is 19.1 Å². The highest BCUT2D eigenvalue weighted by molar-refractivity contribution is 6.60. The average Bonchev–Trinajstić information content (AvgIpc) is 2.29. The maximum absolute atomic E-state index is 5.37. The third-order valence-corrected chi connectivity index (χ3v) is 4.99. The van der Waals surface area contributed by atoms with Crippen LogP contribution in [0, 0.1) is 0 Å². The normalized spacial score (nSPS) is 12.5. The van der Waals surface area contributed by atoms with Crippen molar-refractivity contribution in [1.82, 2.24) is 0 Å². The van der Waals surface area contributed by atoms with E-state index in [0.717, 1.165) is 12.5 Å². The summed E-state index contributed by atoms with van der Waals surface area (Å²) < 4.78 is 21.2. The molecule has 0 N–H and O–H groups in total. The van der Waals surface area contributed by atoms with Crippen LogP contribution < -0.4 is 0 Å². The van der Waals surface area contributed by atoms with E-state index in [9.17, 15) is 0 Å². The highest BCUT2D eigenvalue weighted by Gasteiger charge is 2.36. The molecule has 0 radical (unpaired) electrons. The van der Waals surface area contributed by atoms with Gasteiger partial charge in [-0.1, -0.05) is 12.2 Å². The molecule has 0 aliphatic rings. The minimum atomic E-state index is -2.38. The van der Waals surface area contributed by atoms with Crippen molar-refractivity contribution < 1.29 is 18.0 Å². The molecule has 4 nitrogen and oxygen atoms in total. The molecule has 0 aromatic rings. The fourth-order valence-corrected chi connectivity index (χ4v) is 2.88. The van der Waals surface area contributed by atoms with Gasteiger partial charge in [0.15, 0.2) is 0 Å². The maximum atomic E-state index is 5.37. The van der Waals surface area contributed by atoms with E-state index < -0.39 is 8.80 Å². The topological polar surface area (TPSA) is 36.9 Å². The Hall–Kier alpha value is -0.203. The Bertz CT molecular complexity index is 161. The summed E-state index contributed by atoms with van der Waals surface area (Å²) in [7, 11) is 2.49. The summed E-state index contributed by atoms with van der Waals surface area (Å²) in [5, 5.41) is 0. The Morgan fingerprint density at radius 2 is 1.67 bits per heavy atom. The molecule has 0 spiro atoms. The molecule has 5 heteroatoms. The molecule has 0 aromatic carbocycles. The van der Waals surface area contributed by atoms with Gasteiger partial charge in [0, 0.05) is 34.0 Å². The zero-order valence-corrected chi connectivity index (χ0v) is 11.1. The first kappa shape index (κ1) is 14.8. The molecule has 0 amide bonds. The summed E-state index contributed by atoms with van der Waals surface area (Å²) in [5.74, 6) is 0. The number of allylic oxidation sites excluding steroid dienone is 1. The predicted octanol–water partition coefficient (Wildman–Crippen LogP) is 1.85. The van der Waals surface area contributed by atoms with E-state index >= 15 is 0 Å². The first-order valence-electron chi connectivity index (χ1n) is 5.09. The first-order chi connectivity index (χ1) is 7.24. The largest absolute Gasteiger partial charge is 0.500 e. The van der Waals surface area contributed by atoms with Gasteiger partial charge in [0.05, 0.1) is 6.61 Å². The second kappa shape index (κ2) is 9.05. The lowest BCUT2D eigenvalue weighted by Gasteiger charge is -2.24. The molecule has 0 saturated carbocycles. The van der Waals surface area contributed by atoms with E-state index in [0.29, 0.717) is 13.2 Å². The van der Waals surface area contributed by atoms with Gasteiger partial charge in [-0.25, -0.2) is 0 Å². The van der Waals surface area contributed by atoms with Crippen LogP contribution in [0.15, 0.2) is 12.2 Å². The van der Waals surface area contributed by atoms with Crippen molar-refractivity contribution in [3.05, 3.63) is 12.2 Å². The third-order valence-electron chi connectivity index (χ3n) is 2.15. The summed E-state index contributed by atoms with van der Waals surface area (Å²) in [6.45, 7) is 3.34. The molecule has 0 aliphatic carbocycles. The van der Waals surface area contributed by atoms with Gasteiger partial charge in [-0.2, -0.15) is 0 Å². The zero-order chi connectivity index (χ0) is 11.6. The number of hydrogen-bond acceptors (Lipinski definition) is 4. The lowest BCUT2D eigenvalue weighted by atomic mass is 10.5. The van der Waals surface area contributed by atoms with E-state index in [1.165, 1.54) is 0 Å². The van der Waals surface area contributed by atoms with Gasteiger partial charge in [-0.3, -0.25) is 0 Å². The smallest absolute Gasteiger partial charge is 0.377 e. The van der Waals surface area contributed by atoms with Crippen molar-refractivity contribution in [3.8, 4) is 0 Å². The van der Waals surface area contributed by atoms with E-state index in [2.05, 4.69) is 0 Å². The van der Waals surface area contributed by atoms with Crippen LogP contribution in [-0.4, -0.2) is 43.3 Å². The minimum absolute atomic E-state index is 0.665. The summed E-state index contributed by atoms with van der Waals surface area (Å²) in [5.41, 5.74) is 0. The minimum Gasteiger partial charge on any atom is -0.377 e. The van der Waals surface area contributed by atoms with Crippen LogP contribution in [-0.2, 0) is 18.0 Å². The number of ether oxygens (including phenoxy) is 1. The van der Waals surface area contributed by atoms with Gasteiger partial charge in [0.25, 0.3) is 0 Å². The van der Waals surface area contributed by atoms with Crippen molar-refractivity contribution in [2.75, 3.05) is 34.5 Å². The molecular weight excluding hydrogens is 212 g/mol. The molecule has 0 aliphatic heterocycles. The van der Waals surface area contributed by atoms with Gasteiger partial charge in [-0.15, -0.1) is 0 Å². The highest BCUT2D eigenvalue weighted by Crippen LogP contribution is 2.14. The molecule has 0 saturated heterocycles. The molecule has 0 aromatic heterocycles. The second-order valence-corrected chi connectivity index (χ2v) is 6.13. The summed E-state index contributed by atoms with van der Waals surface area (Å²) in [6, 6.07) is 0.784. The summed E-state index contributed by atoms with van der Waals surface area (Å²) in [6.07, 6.45) is 4.84. The maximum Gasteiger partial charge on any atom is 0.500 e. The standard InChI is InChI=1S/C10H22O4Si/c1-5-6-8-14-9-7-10-15(11-2,12-3)13-4/h5-6H,7-10H2,1-4H3/b6-5+.